The molecule has 0 radical (unpaired) electrons. The molecular weight excluding hydrogens is 220 g/mol. The summed E-state index contributed by atoms with van der Waals surface area (Å²) >= 11 is 0. The van der Waals surface area contributed by atoms with Gasteiger partial charge in [0.15, 0.2) is 0 Å². The predicted octanol–water partition coefficient (Wildman–Crippen LogP) is 2.74. The molecule has 1 saturated heterocycles. The van der Waals surface area contributed by atoms with Gasteiger partial charge in [0.05, 0.1) is 0 Å². The van der Waals surface area contributed by atoms with Crippen LogP contribution in [-0.2, 0) is 13.0 Å². The number of fused-ring (bicyclic) bond motifs is 1. The maximum absolute atomic E-state index is 3.69. The van der Waals surface area contributed by atoms with Crippen molar-refractivity contribution >= 4 is 0 Å². The van der Waals surface area contributed by atoms with E-state index in [1.54, 1.807) is 11.1 Å². The molecule has 2 nitrogen and oxygen atoms in total. The monoisotopic (exact) mass is 244 g/mol. The summed E-state index contributed by atoms with van der Waals surface area (Å²) in [4.78, 5) is 2.42. The van der Waals surface area contributed by atoms with Crippen LogP contribution in [0.4, 0.5) is 0 Å². The molecule has 0 aromatic heterocycles. The zero-order valence-corrected chi connectivity index (χ0v) is 11.6. The Balaban J connectivity index is 1.79. The van der Waals surface area contributed by atoms with Crippen LogP contribution in [0.3, 0.4) is 0 Å². The molecule has 98 valence electrons. The molecule has 18 heavy (non-hydrogen) atoms. The molecule has 2 unspecified atom stereocenters. The SMILES string of the molecule is CC1CCC(c2ccc3c(c2)CN(C)CC3)NC1. The topological polar surface area (TPSA) is 15.3 Å². The van der Waals surface area contributed by atoms with Gasteiger partial charge in [0, 0.05) is 19.1 Å². The first-order valence-electron chi connectivity index (χ1n) is 7.26. The highest BCUT2D eigenvalue weighted by Gasteiger charge is 2.20. The van der Waals surface area contributed by atoms with E-state index in [0.29, 0.717) is 6.04 Å². The second kappa shape index (κ2) is 5.02. The van der Waals surface area contributed by atoms with Crippen LogP contribution in [0, 0.1) is 5.92 Å². The van der Waals surface area contributed by atoms with E-state index >= 15 is 0 Å². The molecule has 2 atom stereocenters. The molecule has 1 aromatic rings. The Morgan fingerprint density at radius 3 is 2.89 bits per heavy atom. The lowest BCUT2D eigenvalue weighted by Gasteiger charge is -2.30. The maximum Gasteiger partial charge on any atom is 0.0320 e. The third-order valence-electron chi connectivity index (χ3n) is 4.50. The number of rotatable bonds is 1. The van der Waals surface area contributed by atoms with E-state index in [1.807, 2.05) is 0 Å². The Morgan fingerprint density at radius 2 is 2.11 bits per heavy atom. The Kier molecular flexibility index (Phi) is 3.40. The van der Waals surface area contributed by atoms with Crippen LogP contribution in [-0.4, -0.2) is 25.0 Å². The first kappa shape index (κ1) is 12.2. The molecule has 1 fully saturated rings. The molecule has 3 rings (SSSR count). The number of piperidine rings is 1. The highest BCUT2D eigenvalue weighted by molar-refractivity contribution is 5.35. The average molecular weight is 244 g/mol. The van der Waals surface area contributed by atoms with Crippen LogP contribution in [0.1, 0.15) is 42.5 Å². The highest BCUT2D eigenvalue weighted by atomic mass is 15.1. The van der Waals surface area contributed by atoms with Crippen LogP contribution in [0.5, 0.6) is 0 Å². The second-order valence-electron chi connectivity index (χ2n) is 6.16. The van der Waals surface area contributed by atoms with E-state index < -0.39 is 0 Å². The molecule has 0 saturated carbocycles. The third-order valence-corrected chi connectivity index (χ3v) is 4.50. The summed E-state index contributed by atoms with van der Waals surface area (Å²) in [7, 11) is 2.22. The van der Waals surface area contributed by atoms with Crippen molar-refractivity contribution in [1.82, 2.24) is 10.2 Å². The van der Waals surface area contributed by atoms with Gasteiger partial charge in [-0.2, -0.15) is 0 Å². The van der Waals surface area contributed by atoms with E-state index in [0.717, 1.165) is 12.5 Å². The smallest absolute Gasteiger partial charge is 0.0320 e. The zero-order valence-electron chi connectivity index (χ0n) is 11.6. The van der Waals surface area contributed by atoms with Gasteiger partial charge >= 0.3 is 0 Å². The molecule has 0 spiro atoms. The summed E-state index contributed by atoms with van der Waals surface area (Å²) in [6, 6.07) is 7.73. The number of benzene rings is 1. The number of likely N-dealkylation sites (N-methyl/N-ethyl adjacent to an activating group) is 1. The summed E-state index contributed by atoms with van der Waals surface area (Å²) in [5, 5.41) is 3.69. The van der Waals surface area contributed by atoms with Crippen molar-refractivity contribution in [2.24, 2.45) is 5.92 Å². The van der Waals surface area contributed by atoms with Crippen LogP contribution in [0.15, 0.2) is 18.2 Å². The number of hydrogen-bond acceptors (Lipinski definition) is 2. The molecular formula is C16H24N2. The first-order chi connectivity index (χ1) is 8.72. The number of hydrogen-bond donors (Lipinski definition) is 1. The Labute approximate surface area is 110 Å². The maximum atomic E-state index is 3.69. The van der Waals surface area contributed by atoms with Crippen molar-refractivity contribution in [2.75, 3.05) is 20.1 Å². The minimum Gasteiger partial charge on any atom is -0.310 e. The van der Waals surface area contributed by atoms with Gasteiger partial charge in [-0.15, -0.1) is 0 Å². The van der Waals surface area contributed by atoms with Gasteiger partial charge in [0.25, 0.3) is 0 Å². The summed E-state index contributed by atoms with van der Waals surface area (Å²) < 4.78 is 0. The molecule has 2 heteroatoms. The van der Waals surface area contributed by atoms with E-state index in [2.05, 4.69) is 42.4 Å². The molecule has 1 N–H and O–H groups in total. The second-order valence-corrected chi connectivity index (χ2v) is 6.16. The summed E-state index contributed by atoms with van der Waals surface area (Å²) in [6.45, 7) is 5.82. The lowest BCUT2D eigenvalue weighted by molar-refractivity contribution is 0.311. The molecule has 0 aliphatic carbocycles. The van der Waals surface area contributed by atoms with Crippen molar-refractivity contribution in [3.05, 3.63) is 34.9 Å². The van der Waals surface area contributed by atoms with Crippen molar-refractivity contribution in [2.45, 2.75) is 38.8 Å². The Hall–Kier alpha value is -0.860. The first-order valence-corrected chi connectivity index (χ1v) is 7.26. The number of nitrogens with zero attached hydrogens (tertiary/aromatic N) is 1. The van der Waals surface area contributed by atoms with Gasteiger partial charge in [-0.1, -0.05) is 25.1 Å². The Morgan fingerprint density at radius 1 is 1.22 bits per heavy atom. The molecule has 2 aliphatic rings. The fraction of sp³-hybridized carbons (Fsp3) is 0.625. The van der Waals surface area contributed by atoms with E-state index in [4.69, 9.17) is 0 Å². The van der Waals surface area contributed by atoms with Crippen molar-refractivity contribution < 1.29 is 0 Å². The largest absolute Gasteiger partial charge is 0.310 e. The summed E-state index contributed by atoms with van der Waals surface area (Å²) in [6.07, 6.45) is 3.85. The van der Waals surface area contributed by atoms with Gasteiger partial charge in [0.2, 0.25) is 0 Å². The van der Waals surface area contributed by atoms with Crippen LogP contribution >= 0.6 is 0 Å². The Bertz CT molecular complexity index is 419. The summed E-state index contributed by atoms with van der Waals surface area (Å²) in [5.41, 5.74) is 4.60. The lowest BCUT2D eigenvalue weighted by atomic mass is 9.89. The van der Waals surface area contributed by atoms with Gasteiger partial charge in [-0.25, -0.2) is 0 Å². The molecule has 1 aromatic carbocycles. The van der Waals surface area contributed by atoms with Crippen molar-refractivity contribution in [3.8, 4) is 0 Å². The standard InChI is InChI=1S/C16H24N2/c1-12-3-6-16(17-10-12)14-5-4-13-7-8-18(2)11-15(13)9-14/h4-5,9,12,16-17H,3,6-8,10-11H2,1-2H3. The third kappa shape index (κ3) is 2.45. The normalized spacial score (nSPS) is 29.0. The minimum absolute atomic E-state index is 0.582. The average Bonchev–Trinajstić information content (AvgIpc) is 2.38. The minimum atomic E-state index is 0.582. The van der Waals surface area contributed by atoms with E-state index in [1.165, 1.54) is 37.9 Å². The van der Waals surface area contributed by atoms with Gasteiger partial charge in [0.1, 0.15) is 0 Å². The van der Waals surface area contributed by atoms with Gasteiger partial charge in [-0.05, 0) is 55.5 Å². The highest BCUT2D eigenvalue weighted by Crippen LogP contribution is 2.28. The van der Waals surface area contributed by atoms with Gasteiger partial charge < -0.3 is 10.2 Å². The molecule has 2 aliphatic heterocycles. The van der Waals surface area contributed by atoms with E-state index in [-0.39, 0.29) is 0 Å². The van der Waals surface area contributed by atoms with Crippen molar-refractivity contribution in [3.63, 3.8) is 0 Å². The quantitative estimate of drug-likeness (QED) is 0.817. The molecule has 2 heterocycles. The lowest BCUT2D eigenvalue weighted by Crippen LogP contribution is -2.32. The van der Waals surface area contributed by atoms with Crippen LogP contribution < -0.4 is 5.32 Å². The van der Waals surface area contributed by atoms with Gasteiger partial charge in [-0.3, -0.25) is 0 Å². The summed E-state index contributed by atoms with van der Waals surface area (Å²) in [5.74, 6) is 0.838. The molecule has 0 bridgehead atoms. The fourth-order valence-electron chi connectivity index (χ4n) is 3.22. The van der Waals surface area contributed by atoms with Crippen LogP contribution in [0.2, 0.25) is 0 Å². The van der Waals surface area contributed by atoms with Crippen LogP contribution in [0.25, 0.3) is 0 Å². The molecule has 0 amide bonds. The predicted molar refractivity (Wildman–Crippen MR) is 75.6 cm³/mol. The van der Waals surface area contributed by atoms with E-state index in [9.17, 15) is 0 Å². The zero-order chi connectivity index (χ0) is 12.5. The number of nitrogens with one attached hydrogen (secondary N) is 1. The fourth-order valence-corrected chi connectivity index (χ4v) is 3.22. The van der Waals surface area contributed by atoms with Crippen molar-refractivity contribution in [1.29, 1.82) is 0 Å².